The van der Waals surface area contributed by atoms with E-state index in [1.807, 2.05) is 12.1 Å². The average molecular weight is 233 g/mol. The van der Waals surface area contributed by atoms with Gasteiger partial charge in [0.2, 0.25) is 0 Å². The van der Waals surface area contributed by atoms with E-state index < -0.39 is 0 Å². The monoisotopic (exact) mass is 233 g/mol. The zero-order chi connectivity index (χ0) is 12.3. The Kier molecular flexibility index (Phi) is 3.93. The van der Waals surface area contributed by atoms with Gasteiger partial charge >= 0.3 is 0 Å². The molecule has 1 saturated carbocycles. The van der Waals surface area contributed by atoms with Crippen LogP contribution in [0.5, 0.6) is 5.75 Å². The van der Waals surface area contributed by atoms with Crippen LogP contribution in [0.3, 0.4) is 0 Å². The lowest BCUT2D eigenvalue weighted by Gasteiger charge is -2.33. The first kappa shape index (κ1) is 12.3. The average Bonchev–Trinajstić information content (AvgIpc) is 2.33. The van der Waals surface area contributed by atoms with Crippen molar-refractivity contribution >= 4 is 5.69 Å². The van der Waals surface area contributed by atoms with Crippen molar-refractivity contribution in [2.45, 2.75) is 39.2 Å². The highest BCUT2D eigenvalue weighted by molar-refractivity contribution is 5.49. The molecule has 2 nitrogen and oxygen atoms in total. The van der Waals surface area contributed by atoms with Gasteiger partial charge in [0.1, 0.15) is 5.75 Å². The van der Waals surface area contributed by atoms with Crippen molar-refractivity contribution in [2.75, 3.05) is 12.4 Å². The number of benzene rings is 1. The van der Waals surface area contributed by atoms with E-state index in [2.05, 4.69) is 31.3 Å². The van der Waals surface area contributed by atoms with Crippen molar-refractivity contribution in [1.82, 2.24) is 0 Å². The quantitative estimate of drug-likeness (QED) is 0.854. The number of rotatable bonds is 3. The van der Waals surface area contributed by atoms with Gasteiger partial charge in [0.05, 0.1) is 7.11 Å². The molecule has 1 aromatic carbocycles. The van der Waals surface area contributed by atoms with Gasteiger partial charge in [-0.15, -0.1) is 0 Å². The lowest BCUT2D eigenvalue weighted by Crippen LogP contribution is -2.32. The van der Waals surface area contributed by atoms with Crippen LogP contribution in [-0.4, -0.2) is 13.2 Å². The maximum absolute atomic E-state index is 5.25. The number of anilines is 1. The molecule has 3 atom stereocenters. The largest absolute Gasteiger partial charge is 0.497 e. The number of nitrogens with one attached hydrogen (secondary N) is 1. The van der Waals surface area contributed by atoms with Crippen LogP contribution in [0, 0.1) is 11.8 Å². The van der Waals surface area contributed by atoms with Gasteiger partial charge in [0, 0.05) is 17.8 Å². The second-order valence-electron chi connectivity index (χ2n) is 5.38. The zero-order valence-electron chi connectivity index (χ0n) is 11.1. The Morgan fingerprint density at radius 2 is 2.06 bits per heavy atom. The SMILES string of the molecule is COc1cccc(NC2CCC(C)CC2C)c1. The third-order valence-electron chi connectivity index (χ3n) is 3.85. The van der Waals surface area contributed by atoms with Crippen LogP contribution in [-0.2, 0) is 0 Å². The summed E-state index contributed by atoms with van der Waals surface area (Å²) >= 11 is 0. The van der Waals surface area contributed by atoms with E-state index in [9.17, 15) is 0 Å². The summed E-state index contributed by atoms with van der Waals surface area (Å²) < 4.78 is 5.25. The van der Waals surface area contributed by atoms with Gasteiger partial charge in [-0.25, -0.2) is 0 Å². The molecule has 1 aliphatic rings. The lowest BCUT2D eigenvalue weighted by atomic mass is 9.80. The first-order chi connectivity index (χ1) is 8.19. The first-order valence-corrected chi connectivity index (χ1v) is 6.59. The Morgan fingerprint density at radius 1 is 1.24 bits per heavy atom. The first-order valence-electron chi connectivity index (χ1n) is 6.59. The van der Waals surface area contributed by atoms with Crippen molar-refractivity contribution < 1.29 is 4.74 Å². The smallest absolute Gasteiger partial charge is 0.120 e. The molecule has 1 aliphatic carbocycles. The Balaban J connectivity index is 2.00. The Labute approximate surface area is 104 Å². The second kappa shape index (κ2) is 5.44. The van der Waals surface area contributed by atoms with Gasteiger partial charge in [-0.05, 0) is 43.2 Å². The molecular weight excluding hydrogens is 210 g/mol. The summed E-state index contributed by atoms with van der Waals surface area (Å²) in [6.07, 6.45) is 3.95. The van der Waals surface area contributed by atoms with E-state index in [-0.39, 0.29) is 0 Å². The van der Waals surface area contributed by atoms with Gasteiger partial charge in [-0.2, -0.15) is 0 Å². The highest BCUT2D eigenvalue weighted by Crippen LogP contribution is 2.31. The molecule has 0 radical (unpaired) electrons. The van der Waals surface area contributed by atoms with Crippen LogP contribution in [0.1, 0.15) is 33.1 Å². The van der Waals surface area contributed by atoms with Crippen LogP contribution in [0.4, 0.5) is 5.69 Å². The van der Waals surface area contributed by atoms with Crippen molar-refractivity contribution in [3.8, 4) is 5.75 Å². The minimum atomic E-state index is 0.610. The van der Waals surface area contributed by atoms with Crippen LogP contribution in [0.2, 0.25) is 0 Å². The molecule has 0 aliphatic heterocycles. The van der Waals surface area contributed by atoms with E-state index >= 15 is 0 Å². The van der Waals surface area contributed by atoms with Gasteiger partial charge in [0.15, 0.2) is 0 Å². The van der Waals surface area contributed by atoms with Crippen LogP contribution in [0.15, 0.2) is 24.3 Å². The molecule has 1 N–H and O–H groups in total. The highest BCUT2D eigenvalue weighted by atomic mass is 16.5. The normalized spacial score (nSPS) is 28.8. The fourth-order valence-electron chi connectivity index (χ4n) is 2.81. The maximum Gasteiger partial charge on any atom is 0.120 e. The van der Waals surface area contributed by atoms with Crippen LogP contribution >= 0.6 is 0 Å². The predicted molar refractivity (Wildman–Crippen MR) is 72.6 cm³/mol. The number of hydrogen-bond donors (Lipinski definition) is 1. The van der Waals surface area contributed by atoms with Gasteiger partial charge < -0.3 is 10.1 Å². The summed E-state index contributed by atoms with van der Waals surface area (Å²) in [5.41, 5.74) is 1.18. The molecule has 3 unspecified atom stereocenters. The van der Waals surface area contributed by atoms with E-state index in [0.717, 1.165) is 17.6 Å². The van der Waals surface area contributed by atoms with Crippen molar-refractivity contribution in [3.63, 3.8) is 0 Å². The molecule has 17 heavy (non-hydrogen) atoms. The molecule has 0 saturated heterocycles. The van der Waals surface area contributed by atoms with E-state index in [4.69, 9.17) is 4.74 Å². The third kappa shape index (κ3) is 3.15. The van der Waals surface area contributed by atoms with E-state index in [1.165, 1.54) is 24.9 Å². The third-order valence-corrected chi connectivity index (χ3v) is 3.85. The summed E-state index contributed by atoms with van der Waals surface area (Å²) in [5.74, 6) is 2.56. The summed E-state index contributed by atoms with van der Waals surface area (Å²) in [6.45, 7) is 4.71. The number of methoxy groups -OCH3 is 1. The standard InChI is InChI=1S/C15H23NO/c1-11-7-8-15(12(2)9-11)16-13-5-4-6-14(10-13)17-3/h4-6,10-12,15-16H,7-9H2,1-3H3. The molecule has 0 amide bonds. The molecule has 1 fully saturated rings. The fraction of sp³-hybridized carbons (Fsp3) is 0.600. The highest BCUT2D eigenvalue weighted by Gasteiger charge is 2.24. The van der Waals surface area contributed by atoms with Crippen molar-refractivity contribution in [3.05, 3.63) is 24.3 Å². The predicted octanol–water partition coefficient (Wildman–Crippen LogP) is 3.93. The summed E-state index contributed by atoms with van der Waals surface area (Å²) in [7, 11) is 1.71. The van der Waals surface area contributed by atoms with E-state index in [0.29, 0.717) is 6.04 Å². The Bertz CT molecular complexity index is 364. The molecule has 0 spiro atoms. The molecule has 2 rings (SSSR count). The second-order valence-corrected chi connectivity index (χ2v) is 5.38. The zero-order valence-corrected chi connectivity index (χ0v) is 11.1. The Hall–Kier alpha value is -1.18. The Morgan fingerprint density at radius 3 is 2.76 bits per heavy atom. The molecule has 0 bridgehead atoms. The fourth-order valence-corrected chi connectivity index (χ4v) is 2.81. The summed E-state index contributed by atoms with van der Waals surface area (Å²) in [4.78, 5) is 0. The van der Waals surface area contributed by atoms with Crippen LogP contribution < -0.4 is 10.1 Å². The maximum atomic E-state index is 5.25. The summed E-state index contributed by atoms with van der Waals surface area (Å²) in [5, 5.41) is 3.65. The van der Waals surface area contributed by atoms with Gasteiger partial charge in [0.25, 0.3) is 0 Å². The lowest BCUT2D eigenvalue weighted by molar-refractivity contribution is 0.276. The molecule has 0 heterocycles. The van der Waals surface area contributed by atoms with Crippen LogP contribution in [0.25, 0.3) is 0 Å². The van der Waals surface area contributed by atoms with Gasteiger partial charge in [-0.3, -0.25) is 0 Å². The number of hydrogen-bond acceptors (Lipinski definition) is 2. The van der Waals surface area contributed by atoms with E-state index in [1.54, 1.807) is 7.11 Å². The molecule has 0 aromatic heterocycles. The molecule has 2 heteroatoms. The molecular formula is C15H23NO. The number of ether oxygens (including phenoxy) is 1. The van der Waals surface area contributed by atoms with Gasteiger partial charge in [-0.1, -0.05) is 19.9 Å². The van der Waals surface area contributed by atoms with Crippen molar-refractivity contribution in [2.24, 2.45) is 11.8 Å². The summed E-state index contributed by atoms with van der Waals surface area (Å²) in [6, 6.07) is 8.82. The molecule has 94 valence electrons. The molecule has 1 aromatic rings. The minimum absolute atomic E-state index is 0.610. The minimum Gasteiger partial charge on any atom is -0.497 e. The topological polar surface area (TPSA) is 21.3 Å². The van der Waals surface area contributed by atoms with Crippen molar-refractivity contribution in [1.29, 1.82) is 0 Å².